The Morgan fingerprint density at radius 1 is 0.457 bits per heavy atom. The molecular formula is C60H92N4O6. The molecule has 0 unspecified atom stereocenters. The van der Waals surface area contributed by atoms with E-state index in [4.69, 9.17) is 0 Å². The van der Waals surface area contributed by atoms with E-state index >= 15 is 0 Å². The number of carboxylic acids is 2. The zero-order chi connectivity index (χ0) is 50.6. The van der Waals surface area contributed by atoms with Crippen LogP contribution in [0.3, 0.4) is 0 Å². The number of benzene rings is 2. The standard InChI is InChI=1S/2C30H46N2O3/c2*1-3-4-5-6-7-8-9-10-11-12-13-14-15-16-17-22-29(33)32(2)28(30(34)35)23-25-24-31-27-21-19-18-20-26(25)27/h2*10-11,18-21,24,28,31H,3-9,12-17,22-23H2,1-2H3,(H,34,35)/b2*11-10-/t2*28-/m00/s1. The molecule has 0 radical (unpaired) electrons. The Bertz CT molecular complexity index is 1950. The highest BCUT2D eigenvalue weighted by atomic mass is 16.4. The van der Waals surface area contributed by atoms with Crippen LogP contribution in [-0.2, 0) is 32.0 Å². The smallest absolute Gasteiger partial charge is 0.326 e. The predicted molar refractivity (Wildman–Crippen MR) is 291 cm³/mol. The van der Waals surface area contributed by atoms with Gasteiger partial charge in [0, 0.05) is 74.0 Å². The quantitative estimate of drug-likeness (QED) is 0.0260. The fourth-order valence-corrected chi connectivity index (χ4v) is 9.19. The van der Waals surface area contributed by atoms with Crippen LogP contribution in [0.1, 0.15) is 205 Å². The molecular weight excluding hydrogens is 873 g/mol. The molecule has 0 aliphatic heterocycles. The lowest BCUT2D eigenvalue weighted by atomic mass is 10.0. The van der Waals surface area contributed by atoms with Crippen LogP contribution in [0.5, 0.6) is 0 Å². The van der Waals surface area contributed by atoms with Crippen molar-refractivity contribution < 1.29 is 29.4 Å². The topological polar surface area (TPSA) is 147 Å². The van der Waals surface area contributed by atoms with E-state index in [9.17, 15) is 29.4 Å². The minimum absolute atomic E-state index is 0.0881. The van der Waals surface area contributed by atoms with E-state index in [0.717, 1.165) is 84.3 Å². The monoisotopic (exact) mass is 965 g/mol. The third-order valence-corrected chi connectivity index (χ3v) is 13.8. The third-order valence-electron chi connectivity index (χ3n) is 13.8. The molecule has 4 aromatic rings. The number of nitrogens with zero attached hydrogens (tertiary/aromatic N) is 2. The number of aliphatic carboxylic acids is 2. The van der Waals surface area contributed by atoms with Gasteiger partial charge in [-0.3, -0.25) is 9.59 Å². The summed E-state index contributed by atoms with van der Waals surface area (Å²) in [5, 5.41) is 21.5. The van der Waals surface area contributed by atoms with Gasteiger partial charge in [-0.2, -0.15) is 0 Å². The minimum Gasteiger partial charge on any atom is -0.480 e. The molecule has 0 bridgehead atoms. The minimum atomic E-state index is -0.962. The molecule has 2 aromatic heterocycles. The number of fused-ring (bicyclic) bond motifs is 2. The van der Waals surface area contributed by atoms with Gasteiger partial charge in [-0.25, -0.2) is 9.59 Å². The molecule has 0 spiro atoms. The summed E-state index contributed by atoms with van der Waals surface area (Å²) >= 11 is 0. The van der Waals surface area contributed by atoms with Crippen molar-refractivity contribution in [2.45, 2.75) is 219 Å². The van der Waals surface area contributed by atoms with Gasteiger partial charge in [0.1, 0.15) is 12.1 Å². The number of carbonyl (C=O) groups excluding carboxylic acids is 2. The summed E-state index contributed by atoms with van der Waals surface area (Å²) in [6.07, 6.45) is 46.0. The number of aromatic nitrogens is 2. The highest BCUT2D eigenvalue weighted by Crippen LogP contribution is 2.23. The molecule has 10 nitrogen and oxygen atoms in total. The number of hydrogen-bond acceptors (Lipinski definition) is 4. The maximum atomic E-state index is 12.7. The SMILES string of the molecule is CCCCCCCC/C=C\CCCCCCCC(=O)N(C)[C@@H](Cc1c[nH]c2ccccc12)C(=O)O.CCCCCCCC/C=C\CCCCCCCC(=O)N(C)[C@@H](Cc1c[nH]c2ccccc12)C(=O)O. The number of rotatable bonds is 38. The molecule has 0 saturated heterocycles. The number of H-pyrrole nitrogens is 2. The van der Waals surface area contributed by atoms with Crippen molar-refractivity contribution in [2.75, 3.05) is 14.1 Å². The first-order chi connectivity index (χ1) is 34.1. The number of unbranched alkanes of at least 4 members (excludes halogenated alkanes) is 22. The number of nitrogens with one attached hydrogen (secondary N) is 2. The average molecular weight is 965 g/mol. The van der Waals surface area contributed by atoms with Crippen LogP contribution in [0.15, 0.2) is 85.2 Å². The fraction of sp³-hybridized carbons (Fsp3) is 0.600. The summed E-state index contributed by atoms with van der Waals surface area (Å²) in [5.41, 5.74) is 3.81. The molecule has 2 atom stereocenters. The Kier molecular flexibility index (Phi) is 31.1. The number of carbonyl (C=O) groups is 4. The van der Waals surface area contributed by atoms with Gasteiger partial charge < -0.3 is 30.0 Å². The Labute approximate surface area is 422 Å². The molecule has 2 aromatic carbocycles. The summed E-state index contributed by atoms with van der Waals surface area (Å²) in [4.78, 5) is 58.3. The zero-order valence-corrected chi connectivity index (χ0v) is 43.9. The Balaban J connectivity index is 0.000000370. The highest BCUT2D eigenvalue weighted by molar-refractivity contribution is 5.88. The summed E-state index contributed by atoms with van der Waals surface area (Å²) in [7, 11) is 3.24. The fourth-order valence-electron chi connectivity index (χ4n) is 9.19. The van der Waals surface area contributed by atoms with Crippen molar-refractivity contribution in [1.29, 1.82) is 0 Å². The van der Waals surface area contributed by atoms with E-state index < -0.39 is 24.0 Å². The number of aromatic amines is 2. The van der Waals surface area contributed by atoms with Crippen LogP contribution < -0.4 is 0 Å². The molecule has 10 heteroatoms. The second-order valence-corrected chi connectivity index (χ2v) is 19.5. The van der Waals surface area contributed by atoms with Crippen molar-refractivity contribution in [3.63, 3.8) is 0 Å². The lowest BCUT2D eigenvalue weighted by Crippen LogP contribution is -2.43. The maximum absolute atomic E-state index is 12.7. The van der Waals surface area contributed by atoms with Crippen LogP contribution in [0.25, 0.3) is 21.8 Å². The number of para-hydroxylation sites is 2. The molecule has 2 heterocycles. The van der Waals surface area contributed by atoms with E-state index in [-0.39, 0.29) is 11.8 Å². The normalized spacial score (nSPS) is 12.4. The van der Waals surface area contributed by atoms with E-state index in [1.54, 1.807) is 14.1 Å². The van der Waals surface area contributed by atoms with Crippen LogP contribution in [0.4, 0.5) is 0 Å². The molecule has 388 valence electrons. The van der Waals surface area contributed by atoms with Gasteiger partial charge in [-0.15, -0.1) is 0 Å². The molecule has 0 saturated carbocycles. The first-order valence-electron chi connectivity index (χ1n) is 27.5. The van der Waals surface area contributed by atoms with Crippen LogP contribution >= 0.6 is 0 Å². The van der Waals surface area contributed by atoms with Gasteiger partial charge in [0.05, 0.1) is 0 Å². The molecule has 0 aliphatic rings. The number of hydrogen-bond donors (Lipinski definition) is 4. The summed E-state index contributed by atoms with van der Waals surface area (Å²) in [6, 6.07) is 14.0. The third kappa shape index (κ3) is 23.7. The van der Waals surface area contributed by atoms with Gasteiger partial charge in [0.25, 0.3) is 0 Å². The van der Waals surface area contributed by atoms with Crippen molar-refractivity contribution in [3.05, 3.63) is 96.4 Å². The van der Waals surface area contributed by atoms with Gasteiger partial charge in [0.2, 0.25) is 11.8 Å². The van der Waals surface area contributed by atoms with E-state index in [0.29, 0.717) is 25.7 Å². The predicted octanol–water partition coefficient (Wildman–Crippen LogP) is 15.3. The molecule has 2 amide bonds. The largest absolute Gasteiger partial charge is 0.480 e. The van der Waals surface area contributed by atoms with E-state index in [2.05, 4.69) is 48.1 Å². The van der Waals surface area contributed by atoms with Crippen LogP contribution in [0.2, 0.25) is 0 Å². The molecule has 4 N–H and O–H groups in total. The number of carboxylic acid groups (broad SMARTS) is 2. The molecule has 0 aliphatic carbocycles. The van der Waals surface area contributed by atoms with Crippen LogP contribution in [0, 0.1) is 0 Å². The summed E-state index contributed by atoms with van der Waals surface area (Å²) in [5.74, 6) is -2.10. The number of amides is 2. The number of likely N-dealkylation sites (N-methyl/N-ethyl adjacent to an activating group) is 2. The van der Waals surface area contributed by atoms with Crippen LogP contribution in [-0.4, -0.2) is 79.9 Å². The summed E-state index contributed by atoms with van der Waals surface area (Å²) in [6.45, 7) is 4.51. The zero-order valence-electron chi connectivity index (χ0n) is 43.9. The number of allylic oxidation sites excluding steroid dienone is 4. The van der Waals surface area contributed by atoms with Crippen molar-refractivity contribution in [3.8, 4) is 0 Å². The van der Waals surface area contributed by atoms with E-state index in [1.807, 2.05) is 60.9 Å². The van der Waals surface area contributed by atoms with E-state index in [1.165, 1.54) is 125 Å². The van der Waals surface area contributed by atoms with Gasteiger partial charge in [0.15, 0.2) is 0 Å². The first-order valence-corrected chi connectivity index (χ1v) is 27.5. The van der Waals surface area contributed by atoms with Crippen molar-refractivity contribution in [2.24, 2.45) is 0 Å². The second-order valence-electron chi connectivity index (χ2n) is 19.5. The van der Waals surface area contributed by atoms with Gasteiger partial charge in [-0.05, 0) is 87.5 Å². The summed E-state index contributed by atoms with van der Waals surface area (Å²) < 4.78 is 0. The molecule has 4 rings (SSSR count). The molecule has 70 heavy (non-hydrogen) atoms. The first kappa shape index (κ1) is 59.2. The maximum Gasteiger partial charge on any atom is 0.326 e. The second kappa shape index (κ2) is 36.8. The highest BCUT2D eigenvalue weighted by Gasteiger charge is 2.28. The Morgan fingerprint density at radius 2 is 0.757 bits per heavy atom. The van der Waals surface area contributed by atoms with Gasteiger partial charge >= 0.3 is 11.9 Å². The van der Waals surface area contributed by atoms with Gasteiger partial charge in [-0.1, -0.05) is 177 Å². The lowest BCUT2D eigenvalue weighted by molar-refractivity contribution is -0.149. The molecule has 0 fully saturated rings. The lowest BCUT2D eigenvalue weighted by Gasteiger charge is -2.25. The Morgan fingerprint density at radius 3 is 1.09 bits per heavy atom. The average Bonchev–Trinajstić information content (AvgIpc) is 3.98. The van der Waals surface area contributed by atoms with Crippen molar-refractivity contribution >= 4 is 45.6 Å². The van der Waals surface area contributed by atoms with Crippen molar-refractivity contribution in [1.82, 2.24) is 19.8 Å². The Hall–Kier alpha value is -5.12.